The molecule has 3 heteroatoms. The molecule has 0 fully saturated rings. The van der Waals surface area contributed by atoms with Gasteiger partial charge in [0.25, 0.3) is 0 Å². The van der Waals surface area contributed by atoms with E-state index in [1.54, 1.807) is 0 Å². The summed E-state index contributed by atoms with van der Waals surface area (Å²) in [6.45, 7) is 2.15. The molecule has 0 amide bonds. The number of halogens is 2. The molecular formula is C6H15Cl2N. The molecule has 1 unspecified atom stereocenters. The topological polar surface area (TPSA) is 0 Å². The van der Waals surface area contributed by atoms with Gasteiger partial charge in [0.05, 0.1) is 33.1 Å². The first kappa shape index (κ1) is 12.2. The summed E-state index contributed by atoms with van der Waals surface area (Å²) in [6, 6.07) is 0.552. The van der Waals surface area contributed by atoms with E-state index in [1.807, 2.05) is 0 Å². The minimum Gasteiger partial charge on any atom is -1.00 e. The van der Waals surface area contributed by atoms with Gasteiger partial charge in [0.15, 0.2) is 0 Å². The summed E-state index contributed by atoms with van der Waals surface area (Å²) in [7, 11) is 6.44. The molecule has 0 radical (unpaired) electrons. The molecule has 0 saturated carbocycles. The largest absolute Gasteiger partial charge is 1.00 e. The molecule has 0 N–H and O–H groups in total. The van der Waals surface area contributed by atoms with Crippen molar-refractivity contribution in [3.8, 4) is 0 Å². The van der Waals surface area contributed by atoms with Gasteiger partial charge in [-0.05, 0) is 6.92 Å². The molecule has 0 heterocycles. The summed E-state index contributed by atoms with van der Waals surface area (Å²) < 4.78 is 0.948. The summed E-state index contributed by atoms with van der Waals surface area (Å²) >= 11 is 5.62. The highest BCUT2D eigenvalue weighted by Crippen LogP contribution is 2.02. The fourth-order valence-electron chi connectivity index (χ4n) is 0.207. The van der Waals surface area contributed by atoms with Crippen LogP contribution in [-0.2, 0) is 0 Å². The molecule has 0 rings (SSSR count). The quantitative estimate of drug-likeness (QED) is 0.345. The van der Waals surface area contributed by atoms with Crippen molar-refractivity contribution >= 4 is 11.6 Å². The fourth-order valence-corrected chi connectivity index (χ4v) is 0.621. The molecule has 0 spiro atoms. The predicted molar refractivity (Wildman–Crippen MR) is 38.2 cm³/mol. The van der Waals surface area contributed by atoms with Gasteiger partial charge in [-0.1, -0.05) is 0 Å². The van der Waals surface area contributed by atoms with Crippen LogP contribution in [0.25, 0.3) is 0 Å². The Morgan fingerprint density at radius 1 is 1.33 bits per heavy atom. The molecule has 0 aromatic heterocycles. The minimum atomic E-state index is 0. The number of alkyl halides is 1. The van der Waals surface area contributed by atoms with E-state index in [1.165, 1.54) is 0 Å². The van der Waals surface area contributed by atoms with Crippen molar-refractivity contribution in [1.82, 2.24) is 0 Å². The maximum Gasteiger partial charge on any atom is 0.0992 e. The van der Waals surface area contributed by atoms with E-state index >= 15 is 0 Å². The molecule has 1 atom stereocenters. The second-order valence-electron chi connectivity index (χ2n) is 3.12. The maximum atomic E-state index is 5.62. The van der Waals surface area contributed by atoms with Crippen LogP contribution in [0.4, 0.5) is 0 Å². The van der Waals surface area contributed by atoms with E-state index in [-0.39, 0.29) is 12.4 Å². The summed E-state index contributed by atoms with van der Waals surface area (Å²) in [5.41, 5.74) is 0. The van der Waals surface area contributed by atoms with Crippen LogP contribution < -0.4 is 12.4 Å². The van der Waals surface area contributed by atoms with Crippen LogP contribution in [0.3, 0.4) is 0 Å². The van der Waals surface area contributed by atoms with Gasteiger partial charge < -0.3 is 16.9 Å². The Bertz CT molecular complexity index is 67.9. The second kappa shape index (κ2) is 4.37. The van der Waals surface area contributed by atoms with Crippen LogP contribution >= 0.6 is 11.6 Å². The number of rotatable bonds is 2. The minimum absolute atomic E-state index is 0. The van der Waals surface area contributed by atoms with E-state index in [0.717, 1.165) is 10.4 Å². The number of hydrogen-bond acceptors (Lipinski definition) is 0. The molecule has 0 aromatic carbocycles. The Labute approximate surface area is 69.0 Å². The van der Waals surface area contributed by atoms with Crippen molar-refractivity contribution in [2.24, 2.45) is 0 Å². The lowest BCUT2D eigenvalue weighted by molar-refractivity contribution is -0.891. The zero-order valence-electron chi connectivity index (χ0n) is 6.49. The Morgan fingerprint density at radius 2 is 1.67 bits per heavy atom. The Kier molecular flexibility index (Phi) is 5.94. The van der Waals surface area contributed by atoms with Crippen LogP contribution in [0.5, 0.6) is 0 Å². The van der Waals surface area contributed by atoms with Crippen LogP contribution in [0.15, 0.2) is 0 Å². The third kappa shape index (κ3) is 5.01. The van der Waals surface area contributed by atoms with Crippen molar-refractivity contribution in [3.63, 3.8) is 0 Å². The third-order valence-corrected chi connectivity index (χ3v) is 1.99. The van der Waals surface area contributed by atoms with Gasteiger partial charge in [-0.25, -0.2) is 0 Å². The molecule has 0 aliphatic carbocycles. The zero-order valence-corrected chi connectivity index (χ0v) is 8.00. The van der Waals surface area contributed by atoms with Crippen molar-refractivity contribution < 1.29 is 16.9 Å². The molecular weight excluding hydrogens is 157 g/mol. The Morgan fingerprint density at radius 3 is 1.67 bits per heavy atom. The standard InChI is InChI=1S/C6H15ClN.ClH/c1-6(5-7)8(2,3)4;/h6H,5H2,1-4H3;1H/q+1;/p-1. The molecule has 0 aliphatic heterocycles. The summed E-state index contributed by atoms with van der Waals surface area (Å²) in [4.78, 5) is 0. The summed E-state index contributed by atoms with van der Waals surface area (Å²) in [5, 5.41) is 0. The van der Waals surface area contributed by atoms with E-state index in [0.29, 0.717) is 6.04 Å². The summed E-state index contributed by atoms with van der Waals surface area (Å²) in [5.74, 6) is 0.740. The van der Waals surface area contributed by atoms with Crippen LogP contribution in [-0.4, -0.2) is 37.5 Å². The average Bonchev–Trinajstić information content (AvgIpc) is 1.62. The molecule has 58 valence electrons. The zero-order chi connectivity index (χ0) is 6.78. The number of nitrogens with zero attached hydrogens (tertiary/aromatic N) is 1. The summed E-state index contributed by atoms with van der Waals surface area (Å²) in [6.07, 6.45) is 0. The lowest BCUT2D eigenvalue weighted by atomic mass is 10.3. The monoisotopic (exact) mass is 171 g/mol. The van der Waals surface area contributed by atoms with E-state index < -0.39 is 0 Å². The molecule has 0 aliphatic rings. The van der Waals surface area contributed by atoms with Crippen molar-refractivity contribution in [2.75, 3.05) is 27.0 Å². The van der Waals surface area contributed by atoms with Crippen molar-refractivity contribution in [1.29, 1.82) is 0 Å². The van der Waals surface area contributed by atoms with Crippen LogP contribution in [0.2, 0.25) is 0 Å². The molecule has 9 heavy (non-hydrogen) atoms. The van der Waals surface area contributed by atoms with Gasteiger partial charge in [0.2, 0.25) is 0 Å². The molecule has 0 bridgehead atoms. The van der Waals surface area contributed by atoms with Gasteiger partial charge in [-0.3, -0.25) is 0 Å². The molecule has 0 saturated heterocycles. The highest BCUT2D eigenvalue weighted by atomic mass is 35.5. The van der Waals surface area contributed by atoms with Gasteiger partial charge in [0.1, 0.15) is 0 Å². The highest BCUT2D eigenvalue weighted by molar-refractivity contribution is 6.18. The predicted octanol–water partition coefficient (Wildman–Crippen LogP) is -1.68. The Hall–Kier alpha value is 0.540. The van der Waals surface area contributed by atoms with Gasteiger partial charge in [-0.15, -0.1) is 11.6 Å². The number of hydrogen-bond donors (Lipinski definition) is 0. The van der Waals surface area contributed by atoms with Gasteiger partial charge in [0, 0.05) is 0 Å². The lowest BCUT2D eigenvalue weighted by Gasteiger charge is -2.29. The molecule has 1 nitrogen and oxygen atoms in total. The van der Waals surface area contributed by atoms with Crippen LogP contribution in [0, 0.1) is 0 Å². The first-order valence-electron chi connectivity index (χ1n) is 2.85. The first-order valence-corrected chi connectivity index (χ1v) is 3.39. The average molecular weight is 172 g/mol. The number of quaternary nitrogens is 1. The maximum absolute atomic E-state index is 5.62. The van der Waals surface area contributed by atoms with Gasteiger partial charge in [-0.2, -0.15) is 0 Å². The van der Waals surface area contributed by atoms with Crippen LogP contribution in [0.1, 0.15) is 6.92 Å². The van der Waals surface area contributed by atoms with E-state index in [2.05, 4.69) is 28.1 Å². The highest BCUT2D eigenvalue weighted by Gasteiger charge is 2.15. The van der Waals surface area contributed by atoms with Gasteiger partial charge >= 0.3 is 0 Å². The SMILES string of the molecule is CC(CCl)[N+](C)(C)C.[Cl-]. The van der Waals surface area contributed by atoms with Crippen molar-refractivity contribution in [3.05, 3.63) is 0 Å². The van der Waals surface area contributed by atoms with E-state index in [9.17, 15) is 0 Å². The third-order valence-electron chi connectivity index (χ3n) is 1.55. The fraction of sp³-hybridized carbons (Fsp3) is 1.00. The lowest BCUT2D eigenvalue weighted by Crippen LogP contribution is -3.00. The first-order chi connectivity index (χ1) is 3.48. The smallest absolute Gasteiger partial charge is 0.0992 e. The normalized spacial score (nSPS) is 14.3. The van der Waals surface area contributed by atoms with Crippen molar-refractivity contribution in [2.45, 2.75) is 13.0 Å². The molecule has 0 aromatic rings. The van der Waals surface area contributed by atoms with E-state index in [4.69, 9.17) is 11.6 Å². The Balaban J connectivity index is 0. The second-order valence-corrected chi connectivity index (χ2v) is 3.43.